The molecule has 3 rings (SSSR count). The van der Waals surface area contributed by atoms with Crippen LogP contribution in [0.4, 0.5) is 5.69 Å². The second kappa shape index (κ2) is 9.05. The molecule has 6 nitrogen and oxygen atoms in total. The Morgan fingerprint density at radius 3 is 2.38 bits per heavy atom. The van der Waals surface area contributed by atoms with E-state index in [1.54, 1.807) is 41.3 Å². The van der Waals surface area contributed by atoms with E-state index in [0.717, 1.165) is 29.1 Å². The molecule has 0 N–H and O–H groups in total. The number of carbonyl (C=O) groups is 1. The van der Waals surface area contributed by atoms with Gasteiger partial charge in [0.25, 0.3) is 10.0 Å². The Morgan fingerprint density at radius 2 is 1.76 bits per heavy atom. The molecule has 1 fully saturated rings. The third-order valence-corrected chi connectivity index (χ3v) is 7.02. The number of carbonyl (C=O) groups excluding carboxylic acids is 1. The normalized spacial score (nSPS) is 14.5. The Balaban J connectivity index is 2.05. The van der Waals surface area contributed by atoms with Gasteiger partial charge in [0.1, 0.15) is 12.3 Å². The Morgan fingerprint density at radius 1 is 1.10 bits per heavy atom. The van der Waals surface area contributed by atoms with Crippen LogP contribution < -0.4 is 9.04 Å². The number of rotatable bonds is 6. The molecule has 0 radical (unpaired) electrons. The number of piperidine rings is 1. The van der Waals surface area contributed by atoms with Crippen molar-refractivity contribution in [3.05, 3.63) is 53.1 Å². The second-order valence-corrected chi connectivity index (χ2v) is 9.38. The lowest BCUT2D eigenvalue weighted by Gasteiger charge is -2.31. The van der Waals surface area contributed by atoms with Crippen LogP contribution in [0.25, 0.3) is 0 Å². The summed E-state index contributed by atoms with van der Waals surface area (Å²) in [5.74, 6) is 0.0962. The molecule has 0 atom stereocenters. The number of aryl methyl sites for hydroxylation is 1. The van der Waals surface area contributed by atoms with Crippen LogP contribution in [0.5, 0.6) is 5.75 Å². The minimum Gasteiger partial charge on any atom is -0.495 e. The van der Waals surface area contributed by atoms with Gasteiger partial charge in [-0.2, -0.15) is 0 Å². The molecule has 2 aromatic carbocycles. The van der Waals surface area contributed by atoms with Crippen molar-refractivity contribution in [1.29, 1.82) is 0 Å². The SMILES string of the molecule is COc1ccc(Cl)cc1N(CC(=O)N1CCCCC1)S(=O)(=O)c1ccc(C)cc1. The summed E-state index contributed by atoms with van der Waals surface area (Å²) in [4.78, 5) is 14.8. The van der Waals surface area contributed by atoms with Crippen LogP contribution in [0.3, 0.4) is 0 Å². The summed E-state index contributed by atoms with van der Waals surface area (Å²) in [6, 6.07) is 11.3. The maximum atomic E-state index is 13.5. The summed E-state index contributed by atoms with van der Waals surface area (Å²) in [6.07, 6.45) is 2.94. The Bertz CT molecular complexity index is 971. The Kier molecular flexibility index (Phi) is 6.70. The van der Waals surface area contributed by atoms with Crippen molar-refractivity contribution in [3.8, 4) is 5.75 Å². The number of ether oxygens (including phenoxy) is 1. The molecule has 0 aromatic heterocycles. The fourth-order valence-corrected chi connectivity index (χ4v) is 4.94. The molecule has 0 unspecified atom stereocenters. The standard InChI is InChI=1S/C21H25ClN2O4S/c1-16-6-9-18(10-7-16)29(26,27)24(15-21(25)23-12-4-3-5-13-23)19-14-17(22)8-11-20(19)28-2/h6-11,14H,3-5,12-13,15H2,1-2H3. The largest absolute Gasteiger partial charge is 0.495 e. The summed E-state index contributed by atoms with van der Waals surface area (Å²) >= 11 is 6.15. The van der Waals surface area contributed by atoms with Gasteiger partial charge >= 0.3 is 0 Å². The lowest BCUT2D eigenvalue weighted by atomic mass is 10.1. The Labute approximate surface area is 177 Å². The van der Waals surface area contributed by atoms with Crippen LogP contribution in [0.15, 0.2) is 47.4 Å². The van der Waals surface area contributed by atoms with Gasteiger partial charge in [-0.1, -0.05) is 29.3 Å². The molecule has 8 heteroatoms. The zero-order chi connectivity index (χ0) is 21.0. The minimum atomic E-state index is -4.01. The molecule has 1 aliphatic rings. The zero-order valence-electron chi connectivity index (χ0n) is 16.6. The van der Waals surface area contributed by atoms with Crippen molar-refractivity contribution in [2.75, 3.05) is 31.0 Å². The summed E-state index contributed by atoms with van der Waals surface area (Å²) < 4.78 is 33.5. The van der Waals surface area contributed by atoms with Crippen molar-refractivity contribution in [2.24, 2.45) is 0 Å². The maximum absolute atomic E-state index is 13.5. The molecule has 2 aromatic rings. The van der Waals surface area contributed by atoms with E-state index in [1.807, 2.05) is 6.92 Å². The van der Waals surface area contributed by atoms with Crippen LogP contribution in [-0.2, 0) is 14.8 Å². The third kappa shape index (κ3) is 4.85. The van der Waals surface area contributed by atoms with Gasteiger partial charge in [0.2, 0.25) is 5.91 Å². The Hall–Kier alpha value is -2.25. The summed E-state index contributed by atoms with van der Waals surface area (Å²) in [7, 11) is -2.55. The number of hydrogen-bond acceptors (Lipinski definition) is 4. The number of anilines is 1. The molecule has 29 heavy (non-hydrogen) atoms. The van der Waals surface area contributed by atoms with Gasteiger partial charge in [0.05, 0.1) is 17.7 Å². The monoisotopic (exact) mass is 436 g/mol. The van der Waals surface area contributed by atoms with Crippen LogP contribution >= 0.6 is 11.6 Å². The number of amides is 1. The van der Waals surface area contributed by atoms with Crippen molar-refractivity contribution in [1.82, 2.24) is 4.90 Å². The maximum Gasteiger partial charge on any atom is 0.264 e. The van der Waals surface area contributed by atoms with Crippen molar-refractivity contribution in [3.63, 3.8) is 0 Å². The third-order valence-electron chi connectivity index (χ3n) is 5.01. The zero-order valence-corrected chi connectivity index (χ0v) is 18.2. The van der Waals surface area contributed by atoms with Gasteiger partial charge in [0.15, 0.2) is 0 Å². The van der Waals surface area contributed by atoms with Gasteiger partial charge in [0, 0.05) is 18.1 Å². The number of nitrogens with zero attached hydrogens (tertiary/aromatic N) is 2. The average molecular weight is 437 g/mol. The lowest BCUT2D eigenvalue weighted by Crippen LogP contribution is -2.45. The fraction of sp³-hybridized carbons (Fsp3) is 0.381. The molecule has 0 saturated carbocycles. The van der Waals surface area contributed by atoms with Gasteiger partial charge in [-0.25, -0.2) is 8.42 Å². The first-order valence-corrected chi connectivity index (χ1v) is 11.4. The number of benzene rings is 2. The van der Waals surface area contributed by atoms with E-state index in [1.165, 1.54) is 13.2 Å². The van der Waals surface area contributed by atoms with E-state index in [0.29, 0.717) is 23.9 Å². The number of likely N-dealkylation sites (tertiary alicyclic amines) is 1. The fourth-order valence-electron chi connectivity index (χ4n) is 3.36. The highest BCUT2D eigenvalue weighted by Gasteiger charge is 2.31. The molecular formula is C21H25ClN2O4S. The average Bonchev–Trinajstić information content (AvgIpc) is 2.72. The van der Waals surface area contributed by atoms with Crippen LogP contribution in [-0.4, -0.2) is 46.0 Å². The predicted octanol–water partition coefficient (Wildman–Crippen LogP) is 3.86. The van der Waals surface area contributed by atoms with E-state index in [2.05, 4.69) is 0 Å². The van der Waals surface area contributed by atoms with Gasteiger partial charge < -0.3 is 9.64 Å². The molecule has 1 heterocycles. The number of sulfonamides is 1. The highest BCUT2D eigenvalue weighted by molar-refractivity contribution is 7.92. The summed E-state index contributed by atoms with van der Waals surface area (Å²) in [6.45, 7) is 2.86. The second-order valence-electron chi connectivity index (χ2n) is 7.08. The number of hydrogen-bond donors (Lipinski definition) is 0. The van der Waals surface area contributed by atoms with Crippen molar-refractivity contribution in [2.45, 2.75) is 31.1 Å². The topological polar surface area (TPSA) is 66.9 Å². The first kappa shape index (κ1) is 21.5. The van der Waals surface area contributed by atoms with E-state index in [-0.39, 0.29) is 23.0 Å². The van der Waals surface area contributed by atoms with Crippen LogP contribution in [0.1, 0.15) is 24.8 Å². The first-order chi connectivity index (χ1) is 13.8. The van der Waals surface area contributed by atoms with Crippen LogP contribution in [0.2, 0.25) is 5.02 Å². The molecule has 0 aliphatic carbocycles. The molecule has 0 spiro atoms. The van der Waals surface area contributed by atoms with Gasteiger partial charge in [-0.3, -0.25) is 9.10 Å². The highest BCUT2D eigenvalue weighted by Crippen LogP contribution is 2.35. The molecule has 156 valence electrons. The van der Waals surface area contributed by atoms with E-state index >= 15 is 0 Å². The molecule has 0 bridgehead atoms. The molecule has 1 saturated heterocycles. The highest BCUT2D eigenvalue weighted by atomic mass is 35.5. The van der Waals surface area contributed by atoms with E-state index < -0.39 is 10.0 Å². The minimum absolute atomic E-state index is 0.108. The summed E-state index contributed by atoms with van der Waals surface area (Å²) in [5, 5.41) is 0.357. The number of halogens is 1. The van der Waals surface area contributed by atoms with Crippen molar-refractivity contribution < 1.29 is 17.9 Å². The van der Waals surface area contributed by atoms with Crippen molar-refractivity contribution >= 4 is 33.2 Å². The molecule has 1 aliphatic heterocycles. The first-order valence-electron chi connectivity index (χ1n) is 9.53. The van der Waals surface area contributed by atoms with E-state index in [9.17, 15) is 13.2 Å². The number of methoxy groups -OCH3 is 1. The summed E-state index contributed by atoms with van der Waals surface area (Å²) in [5.41, 5.74) is 1.19. The van der Waals surface area contributed by atoms with Gasteiger partial charge in [-0.15, -0.1) is 0 Å². The van der Waals surface area contributed by atoms with E-state index in [4.69, 9.17) is 16.3 Å². The molecule has 1 amide bonds. The van der Waals surface area contributed by atoms with Crippen LogP contribution in [0, 0.1) is 6.92 Å². The lowest BCUT2D eigenvalue weighted by molar-refractivity contribution is -0.130. The quantitative estimate of drug-likeness (QED) is 0.689. The predicted molar refractivity (Wildman–Crippen MR) is 114 cm³/mol. The van der Waals surface area contributed by atoms with Gasteiger partial charge in [-0.05, 0) is 56.5 Å². The molecular weight excluding hydrogens is 412 g/mol. The smallest absolute Gasteiger partial charge is 0.264 e.